The van der Waals surface area contributed by atoms with Gasteiger partial charge < -0.3 is 5.32 Å². The van der Waals surface area contributed by atoms with Gasteiger partial charge in [-0.15, -0.1) is 0 Å². The highest BCUT2D eigenvalue weighted by atomic mass is 15.2. The van der Waals surface area contributed by atoms with Crippen LogP contribution < -0.4 is 5.32 Å². The molecule has 36 heavy (non-hydrogen) atoms. The molecule has 0 aliphatic heterocycles. The van der Waals surface area contributed by atoms with Crippen LogP contribution in [0.15, 0.2) is 0 Å². The van der Waals surface area contributed by atoms with E-state index in [0.29, 0.717) is 16.6 Å². The number of nitrogens with zero attached hydrogens (tertiary/aromatic N) is 2. The van der Waals surface area contributed by atoms with E-state index in [2.05, 4.69) is 49.7 Å². The summed E-state index contributed by atoms with van der Waals surface area (Å²) >= 11 is 0. The Hall–Kier alpha value is -0.120. The van der Waals surface area contributed by atoms with Crippen LogP contribution in [-0.4, -0.2) is 59.1 Å². The van der Waals surface area contributed by atoms with Crippen molar-refractivity contribution in [3.63, 3.8) is 0 Å². The lowest BCUT2D eigenvalue weighted by Gasteiger charge is -2.57. The van der Waals surface area contributed by atoms with E-state index in [1.807, 2.05) is 0 Å². The molecule has 1 N–H and O–H groups in total. The van der Waals surface area contributed by atoms with Gasteiger partial charge in [0.15, 0.2) is 0 Å². The zero-order valence-electron chi connectivity index (χ0n) is 25.4. The van der Waals surface area contributed by atoms with Crippen LogP contribution in [0, 0.1) is 5.92 Å². The number of hydrogen-bond donors (Lipinski definition) is 1. The first-order chi connectivity index (χ1) is 17.5. The zero-order chi connectivity index (χ0) is 25.9. The topological polar surface area (TPSA) is 18.5 Å². The fourth-order valence-corrected chi connectivity index (χ4v) is 9.55. The zero-order valence-corrected chi connectivity index (χ0v) is 25.4. The third-order valence-electron chi connectivity index (χ3n) is 11.2. The van der Waals surface area contributed by atoms with E-state index < -0.39 is 0 Å². The Morgan fingerprint density at radius 3 is 1.44 bits per heavy atom. The highest BCUT2D eigenvalue weighted by Gasteiger charge is 2.50. The van der Waals surface area contributed by atoms with Crippen LogP contribution in [0.5, 0.6) is 0 Å². The Bertz CT molecular complexity index is 572. The van der Waals surface area contributed by atoms with Gasteiger partial charge in [0.2, 0.25) is 0 Å². The van der Waals surface area contributed by atoms with Crippen molar-refractivity contribution in [1.29, 1.82) is 0 Å². The molecule has 3 aliphatic carbocycles. The van der Waals surface area contributed by atoms with Gasteiger partial charge in [-0.25, -0.2) is 0 Å². The van der Waals surface area contributed by atoms with Gasteiger partial charge in [0.25, 0.3) is 0 Å². The minimum Gasteiger partial charge on any atom is -0.312 e. The molecule has 0 spiro atoms. The molecule has 1 atom stereocenters. The average Bonchev–Trinajstić information content (AvgIpc) is 3.27. The van der Waals surface area contributed by atoms with Gasteiger partial charge in [0.1, 0.15) is 0 Å². The molecule has 3 saturated carbocycles. The van der Waals surface area contributed by atoms with E-state index in [1.165, 1.54) is 148 Å². The Morgan fingerprint density at radius 2 is 0.972 bits per heavy atom. The van der Waals surface area contributed by atoms with Crippen molar-refractivity contribution in [2.45, 2.75) is 173 Å². The van der Waals surface area contributed by atoms with Crippen molar-refractivity contribution in [3.05, 3.63) is 0 Å². The van der Waals surface area contributed by atoms with Crippen LogP contribution in [0.1, 0.15) is 157 Å². The fraction of sp³-hybridized carbons (Fsp3) is 1.00. The Balaban J connectivity index is 2.07. The SMILES string of the molecule is CCNC1(CC(CC2(N(CC)CC)CCCCCC2)C2(N(CC)CC)CCCCC2)CCCCCC1. The standard InChI is InChI=1S/C33H65N3/c1-6-34-31(22-16-11-12-17-23-31)28-30(33(36(9-4)10-5)26-20-15-21-27-33)29-32(35(7-2)8-3)24-18-13-14-19-25-32/h30,34H,6-29H2,1-5H3. The largest absolute Gasteiger partial charge is 0.312 e. The molecule has 212 valence electrons. The van der Waals surface area contributed by atoms with E-state index in [4.69, 9.17) is 0 Å². The lowest BCUT2D eigenvalue weighted by Crippen LogP contribution is -2.61. The first kappa shape index (κ1) is 30.4. The predicted octanol–water partition coefficient (Wildman–Crippen LogP) is 8.56. The maximum atomic E-state index is 4.19. The molecular weight excluding hydrogens is 438 g/mol. The molecule has 0 aromatic heterocycles. The maximum absolute atomic E-state index is 4.19. The van der Waals surface area contributed by atoms with Crippen LogP contribution in [0.25, 0.3) is 0 Å². The first-order valence-corrected chi connectivity index (χ1v) is 16.8. The van der Waals surface area contributed by atoms with E-state index in [0.717, 1.165) is 12.5 Å². The summed E-state index contributed by atoms with van der Waals surface area (Å²) in [6.07, 6.45) is 27.3. The van der Waals surface area contributed by atoms with Gasteiger partial charge in [-0.2, -0.15) is 0 Å². The smallest absolute Gasteiger partial charge is 0.0238 e. The molecule has 3 rings (SSSR count). The lowest BCUT2D eigenvalue weighted by molar-refractivity contribution is -0.0465. The maximum Gasteiger partial charge on any atom is 0.0238 e. The third kappa shape index (κ3) is 7.09. The van der Waals surface area contributed by atoms with E-state index in [9.17, 15) is 0 Å². The summed E-state index contributed by atoms with van der Waals surface area (Å²) < 4.78 is 0. The van der Waals surface area contributed by atoms with Crippen LogP contribution in [0.2, 0.25) is 0 Å². The highest BCUT2D eigenvalue weighted by molar-refractivity contribution is 5.07. The summed E-state index contributed by atoms with van der Waals surface area (Å²) in [4.78, 5) is 5.91. The minimum atomic E-state index is 0.364. The quantitative estimate of drug-likeness (QED) is 0.254. The molecule has 0 aromatic rings. The molecule has 3 heteroatoms. The molecular formula is C33H65N3. The Morgan fingerprint density at radius 1 is 0.528 bits per heavy atom. The van der Waals surface area contributed by atoms with Crippen LogP contribution >= 0.6 is 0 Å². The summed E-state index contributed by atoms with van der Waals surface area (Å²) in [5, 5.41) is 4.19. The molecule has 0 aromatic carbocycles. The van der Waals surface area contributed by atoms with Crippen LogP contribution in [-0.2, 0) is 0 Å². The summed E-state index contributed by atoms with van der Waals surface area (Å²) in [6.45, 7) is 18.2. The summed E-state index contributed by atoms with van der Waals surface area (Å²) in [5.41, 5.74) is 1.19. The van der Waals surface area contributed by atoms with Gasteiger partial charge in [-0.05, 0) is 90.0 Å². The Labute approximate surface area is 226 Å². The molecule has 3 fully saturated rings. The highest BCUT2D eigenvalue weighted by Crippen LogP contribution is 2.50. The normalized spacial score (nSPS) is 25.4. The van der Waals surface area contributed by atoms with Gasteiger partial charge in [-0.1, -0.05) is 105 Å². The van der Waals surface area contributed by atoms with Gasteiger partial charge >= 0.3 is 0 Å². The third-order valence-corrected chi connectivity index (χ3v) is 11.2. The summed E-state index contributed by atoms with van der Waals surface area (Å²) in [7, 11) is 0. The first-order valence-electron chi connectivity index (χ1n) is 16.8. The van der Waals surface area contributed by atoms with Crippen molar-refractivity contribution in [2.24, 2.45) is 5.92 Å². The average molecular weight is 504 g/mol. The monoisotopic (exact) mass is 504 g/mol. The van der Waals surface area contributed by atoms with Gasteiger partial charge in [-0.3, -0.25) is 9.80 Å². The molecule has 1 unspecified atom stereocenters. The van der Waals surface area contributed by atoms with Crippen molar-refractivity contribution >= 4 is 0 Å². The molecule has 0 radical (unpaired) electrons. The van der Waals surface area contributed by atoms with Gasteiger partial charge in [0.05, 0.1) is 0 Å². The van der Waals surface area contributed by atoms with Crippen molar-refractivity contribution in [2.75, 3.05) is 32.7 Å². The van der Waals surface area contributed by atoms with Crippen LogP contribution in [0.4, 0.5) is 0 Å². The molecule has 0 bridgehead atoms. The number of rotatable bonds is 13. The van der Waals surface area contributed by atoms with Crippen molar-refractivity contribution in [1.82, 2.24) is 15.1 Å². The molecule has 3 aliphatic rings. The number of hydrogen-bond acceptors (Lipinski definition) is 3. The van der Waals surface area contributed by atoms with E-state index >= 15 is 0 Å². The molecule has 3 nitrogen and oxygen atoms in total. The second-order valence-electron chi connectivity index (χ2n) is 13.0. The minimum absolute atomic E-state index is 0.364. The van der Waals surface area contributed by atoms with Gasteiger partial charge in [0, 0.05) is 16.6 Å². The van der Waals surface area contributed by atoms with E-state index in [-0.39, 0.29) is 0 Å². The van der Waals surface area contributed by atoms with Crippen LogP contribution in [0.3, 0.4) is 0 Å². The van der Waals surface area contributed by atoms with E-state index in [1.54, 1.807) is 0 Å². The lowest BCUT2D eigenvalue weighted by atomic mass is 9.62. The fourth-order valence-electron chi connectivity index (χ4n) is 9.55. The Kier molecular flexibility index (Phi) is 12.6. The molecule has 0 heterocycles. The van der Waals surface area contributed by atoms with Crippen molar-refractivity contribution < 1.29 is 0 Å². The molecule has 0 amide bonds. The second-order valence-corrected chi connectivity index (χ2v) is 13.0. The summed E-state index contributed by atoms with van der Waals surface area (Å²) in [5.74, 6) is 0.800. The van der Waals surface area contributed by atoms with Crippen molar-refractivity contribution in [3.8, 4) is 0 Å². The summed E-state index contributed by atoms with van der Waals surface area (Å²) in [6, 6.07) is 0. The number of nitrogens with one attached hydrogen (secondary N) is 1. The predicted molar refractivity (Wildman–Crippen MR) is 159 cm³/mol. The second kappa shape index (κ2) is 14.9. The molecule has 0 saturated heterocycles.